The standard InChI is InChI=1S/C13H21N3O3S/c1-11(2)15-20(17,18)16-8-5-13(9-16)19-10-12-3-6-14-7-4-12/h3-4,6-7,11,13,15H,5,8-10H2,1-2H3/t13-/m1/s1. The summed E-state index contributed by atoms with van der Waals surface area (Å²) in [6, 6.07) is 3.69. The van der Waals surface area contributed by atoms with Gasteiger partial charge in [0.05, 0.1) is 12.7 Å². The van der Waals surface area contributed by atoms with Crippen LogP contribution in [0.2, 0.25) is 0 Å². The van der Waals surface area contributed by atoms with Crippen LogP contribution < -0.4 is 4.72 Å². The van der Waals surface area contributed by atoms with Crippen LogP contribution in [0.4, 0.5) is 0 Å². The lowest BCUT2D eigenvalue weighted by atomic mass is 10.3. The minimum atomic E-state index is -3.38. The maximum absolute atomic E-state index is 12.0. The van der Waals surface area contributed by atoms with Crippen LogP contribution in [0, 0.1) is 0 Å². The zero-order chi connectivity index (χ0) is 14.6. The molecule has 0 aromatic carbocycles. The maximum Gasteiger partial charge on any atom is 0.279 e. The molecule has 1 atom stereocenters. The smallest absolute Gasteiger partial charge is 0.279 e. The lowest BCUT2D eigenvalue weighted by Crippen LogP contribution is -2.42. The molecule has 1 aliphatic rings. The van der Waals surface area contributed by atoms with Gasteiger partial charge in [-0.05, 0) is 38.0 Å². The van der Waals surface area contributed by atoms with E-state index >= 15 is 0 Å². The van der Waals surface area contributed by atoms with Crippen LogP contribution in [0.15, 0.2) is 24.5 Å². The number of pyridine rings is 1. The molecule has 0 unspecified atom stereocenters. The second-order valence-corrected chi connectivity index (χ2v) is 6.91. The van der Waals surface area contributed by atoms with Gasteiger partial charge in [-0.2, -0.15) is 17.4 Å². The predicted octanol–water partition coefficient (Wildman–Crippen LogP) is 0.915. The van der Waals surface area contributed by atoms with E-state index in [2.05, 4.69) is 9.71 Å². The molecule has 1 aromatic rings. The summed E-state index contributed by atoms with van der Waals surface area (Å²) in [6.45, 7) is 5.02. The number of nitrogens with one attached hydrogen (secondary N) is 1. The predicted molar refractivity (Wildman–Crippen MR) is 76.2 cm³/mol. The zero-order valence-corrected chi connectivity index (χ0v) is 12.6. The fraction of sp³-hybridized carbons (Fsp3) is 0.615. The van der Waals surface area contributed by atoms with Gasteiger partial charge < -0.3 is 4.74 Å². The summed E-state index contributed by atoms with van der Waals surface area (Å²) in [5.74, 6) is 0. The summed E-state index contributed by atoms with van der Waals surface area (Å²) < 4.78 is 33.8. The molecular weight excluding hydrogens is 278 g/mol. The first-order valence-electron chi connectivity index (χ1n) is 6.75. The molecule has 0 amide bonds. The molecule has 0 aliphatic carbocycles. The van der Waals surface area contributed by atoms with E-state index in [-0.39, 0.29) is 12.1 Å². The second-order valence-electron chi connectivity index (χ2n) is 5.21. The maximum atomic E-state index is 12.0. The van der Waals surface area contributed by atoms with E-state index in [1.165, 1.54) is 4.31 Å². The van der Waals surface area contributed by atoms with Gasteiger partial charge >= 0.3 is 0 Å². The molecule has 0 bridgehead atoms. The van der Waals surface area contributed by atoms with Crippen molar-refractivity contribution in [2.75, 3.05) is 13.1 Å². The van der Waals surface area contributed by atoms with Gasteiger partial charge in [0.15, 0.2) is 0 Å². The van der Waals surface area contributed by atoms with E-state index in [1.807, 2.05) is 26.0 Å². The van der Waals surface area contributed by atoms with Crippen LogP contribution in [0.1, 0.15) is 25.8 Å². The third-order valence-electron chi connectivity index (χ3n) is 3.07. The summed E-state index contributed by atoms with van der Waals surface area (Å²) in [5.41, 5.74) is 1.04. The highest BCUT2D eigenvalue weighted by atomic mass is 32.2. The molecule has 6 nitrogen and oxygen atoms in total. The van der Waals surface area contributed by atoms with Crippen LogP contribution in [0.3, 0.4) is 0 Å². The molecule has 0 spiro atoms. The Kier molecular flexibility index (Phi) is 5.09. The summed E-state index contributed by atoms with van der Waals surface area (Å²) in [6.07, 6.45) is 4.11. The number of aromatic nitrogens is 1. The van der Waals surface area contributed by atoms with E-state index in [1.54, 1.807) is 12.4 Å². The van der Waals surface area contributed by atoms with Gasteiger partial charge in [0.25, 0.3) is 10.2 Å². The number of nitrogens with zero attached hydrogens (tertiary/aromatic N) is 2. The van der Waals surface area contributed by atoms with Crippen molar-refractivity contribution in [3.8, 4) is 0 Å². The molecule has 1 aromatic heterocycles. The van der Waals surface area contributed by atoms with Crippen molar-refractivity contribution in [2.24, 2.45) is 0 Å². The van der Waals surface area contributed by atoms with Gasteiger partial charge in [0.1, 0.15) is 0 Å². The molecule has 0 radical (unpaired) electrons. The Hall–Kier alpha value is -1.02. The van der Waals surface area contributed by atoms with Crippen LogP contribution in [-0.2, 0) is 21.6 Å². The van der Waals surface area contributed by atoms with Crippen molar-refractivity contribution in [3.05, 3.63) is 30.1 Å². The molecule has 1 saturated heterocycles. The second kappa shape index (κ2) is 6.62. The van der Waals surface area contributed by atoms with Gasteiger partial charge in [-0.3, -0.25) is 4.98 Å². The Morgan fingerprint density at radius 2 is 2.15 bits per heavy atom. The minimum Gasteiger partial charge on any atom is -0.372 e. The molecular formula is C13H21N3O3S. The highest BCUT2D eigenvalue weighted by Crippen LogP contribution is 2.17. The minimum absolute atomic E-state index is 0.0492. The Bertz CT molecular complexity index is 519. The van der Waals surface area contributed by atoms with Crippen LogP contribution in [-0.4, -0.2) is 42.9 Å². The SMILES string of the molecule is CC(C)NS(=O)(=O)N1CC[C@@H](OCc2ccncc2)C1. The number of rotatable bonds is 6. The third kappa shape index (κ3) is 4.24. The molecule has 7 heteroatoms. The number of hydrogen-bond donors (Lipinski definition) is 1. The third-order valence-corrected chi connectivity index (χ3v) is 4.85. The first kappa shape index (κ1) is 15.4. The van der Waals surface area contributed by atoms with E-state index < -0.39 is 10.2 Å². The topological polar surface area (TPSA) is 71.5 Å². The fourth-order valence-electron chi connectivity index (χ4n) is 2.12. The number of ether oxygens (including phenoxy) is 1. The van der Waals surface area contributed by atoms with Gasteiger partial charge in [-0.15, -0.1) is 0 Å². The average Bonchev–Trinajstić information content (AvgIpc) is 2.86. The summed E-state index contributed by atoms with van der Waals surface area (Å²) in [5, 5.41) is 0. The highest BCUT2D eigenvalue weighted by molar-refractivity contribution is 7.87. The van der Waals surface area contributed by atoms with Crippen LogP contribution >= 0.6 is 0 Å². The van der Waals surface area contributed by atoms with Crippen molar-refractivity contribution < 1.29 is 13.2 Å². The Balaban J connectivity index is 1.83. The van der Waals surface area contributed by atoms with E-state index in [4.69, 9.17) is 4.74 Å². The van der Waals surface area contributed by atoms with Crippen molar-refractivity contribution in [1.82, 2.24) is 14.0 Å². The normalized spacial score (nSPS) is 20.6. The van der Waals surface area contributed by atoms with E-state index in [0.29, 0.717) is 19.7 Å². The van der Waals surface area contributed by atoms with E-state index in [0.717, 1.165) is 12.0 Å². The molecule has 112 valence electrons. The van der Waals surface area contributed by atoms with Crippen molar-refractivity contribution in [3.63, 3.8) is 0 Å². The first-order chi connectivity index (χ1) is 9.47. The largest absolute Gasteiger partial charge is 0.372 e. The molecule has 1 aliphatic heterocycles. The highest BCUT2D eigenvalue weighted by Gasteiger charge is 2.32. The molecule has 2 rings (SSSR count). The quantitative estimate of drug-likeness (QED) is 0.848. The zero-order valence-electron chi connectivity index (χ0n) is 11.8. The Labute approximate surface area is 120 Å². The first-order valence-corrected chi connectivity index (χ1v) is 8.19. The van der Waals surface area contributed by atoms with Gasteiger partial charge in [-0.1, -0.05) is 0 Å². The van der Waals surface area contributed by atoms with E-state index in [9.17, 15) is 8.42 Å². The van der Waals surface area contributed by atoms with Crippen LogP contribution in [0.25, 0.3) is 0 Å². The molecule has 20 heavy (non-hydrogen) atoms. The van der Waals surface area contributed by atoms with Gasteiger partial charge in [0, 0.05) is 31.5 Å². The van der Waals surface area contributed by atoms with Gasteiger partial charge in [0.2, 0.25) is 0 Å². The van der Waals surface area contributed by atoms with Crippen molar-refractivity contribution in [1.29, 1.82) is 0 Å². The van der Waals surface area contributed by atoms with Crippen LogP contribution in [0.5, 0.6) is 0 Å². The number of hydrogen-bond acceptors (Lipinski definition) is 4. The molecule has 2 heterocycles. The summed E-state index contributed by atoms with van der Waals surface area (Å²) in [4.78, 5) is 3.95. The molecule has 0 saturated carbocycles. The lowest BCUT2D eigenvalue weighted by molar-refractivity contribution is 0.0508. The summed E-state index contributed by atoms with van der Waals surface area (Å²) >= 11 is 0. The lowest BCUT2D eigenvalue weighted by Gasteiger charge is -2.19. The van der Waals surface area contributed by atoms with Crippen molar-refractivity contribution in [2.45, 2.75) is 39.0 Å². The Morgan fingerprint density at radius 3 is 2.80 bits per heavy atom. The summed E-state index contributed by atoms with van der Waals surface area (Å²) in [7, 11) is -3.38. The van der Waals surface area contributed by atoms with Gasteiger partial charge in [-0.25, -0.2) is 0 Å². The monoisotopic (exact) mass is 299 g/mol. The molecule has 1 N–H and O–H groups in total. The average molecular weight is 299 g/mol. The van der Waals surface area contributed by atoms with Crippen molar-refractivity contribution >= 4 is 10.2 Å². The Morgan fingerprint density at radius 1 is 1.45 bits per heavy atom. The fourth-order valence-corrected chi connectivity index (χ4v) is 3.57. The molecule has 1 fully saturated rings.